The summed E-state index contributed by atoms with van der Waals surface area (Å²) >= 11 is 0. The van der Waals surface area contributed by atoms with E-state index < -0.39 is 0 Å². The molecule has 1 aliphatic heterocycles. The summed E-state index contributed by atoms with van der Waals surface area (Å²) in [6.07, 6.45) is 5.70. The Labute approximate surface area is 144 Å². The Bertz CT molecular complexity index is 843. The van der Waals surface area contributed by atoms with Gasteiger partial charge in [-0.1, -0.05) is 13.0 Å². The molecule has 0 bridgehead atoms. The van der Waals surface area contributed by atoms with Gasteiger partial charge in [-0.3, -0.25) is 0 Å². The van der Waals surface area contributed by atoms with Gasteiger partial charge in [0.05, 0.1) is 0 Å². The van der Waals surface area contributed by atoms with Crippen LogP contribution in [0.3, 0.4) is 0 Å². The van der Waals surface area contributed by atoms with E-state index in [-0.39, 0.29) is 5.82 Å². The standard InChI is InChI=1S/C17H20FN7/c1-2-16-22-23-17-6-4-13(9-24(16)17)20-8-12-3-5-15(14(18)7-12)25-11-19-10-21-25/h3,5,7,10-11,13,20H,2,4,6,8-9H2,1H3. The van der Waals surface area contributed by atoms with Crippen LogP contribution in [0, 0.1) is 5.82 Å². The molecule has 1 aliphatic rings. The fraction of sp³-hybridized carbons (Fsp3) is 0.412. The Balaban J connectivity index is 1.41. The molecule has 4 rings (SSSR count). The summed E-state index contributed by atoms with van der Waals surface area (Å²) < 4.78 is 17.9. The van der Waals surface area contributed by atoms with E-state index in [1.165, 1.54) is 17.3 Å². The molecule has 0 aliphatic carbocycles. The molecular formula is C17H20FN7. The van der Waals surface area contributed by atoms with E-state index in [2.05, 4.69) is 37.1 Å². The van der Waals surface area contributed by atoms with Gasteiger partial charge in [-0.15, -0.1) is 10.2 Å². The van der Waals surface area contributed by atoms with Crippen LogP contribution in [0.2, 0.25) is 0 Å². The highest BCUT2D eigenvalue weighted by Gasteiger charge is 2.21. The van der Waals surface area contributed by atoms with Crippen LogP contribution in [0.15, 0.2) is 30.9 Å². The lowest BCUT2D eigenvalue weighted by molar-refractivity contribution is 0.373. The zero-order valence-corrected chi connectivity index (χ0v) is 14.1. The second-order valence-electron chi connectivity index (χ2n) is 6.24. The third-order valence-electron chi connectivity index (χ3n) is 4.61. The van der Waals surface area contributed by atoms with Crippen molar-refractivity contribution in [2.45, 2.75) is 45.3 Å². The van der Waals surface area contributed by atoms with Crippen LogP contribution in [0.1, 0.15) is 30.6 Å². The molecule has 0 fully saturated rings. The van der Waals surface area contributed by atoms with E-state index in [0.29, 0.717) is 18.3 Å². The molecule has 3 heterocycles. The highest BCUT2D eigenvalue weighted by atomic mass is 19.1. The SMILES string of the molecule is CCc1nnc2n1CC(NCc1ccc(-n3cncn3)c(F)c1)CC2. The van der Waals surface area contributed by atoms with Crippen LogP contribution in [0.25, 0.3) is 5.69 Å². The third-order valence-corrected chi connectivity index (χ3v) is 4.61. The van der Waals surface area contributed by atoms with Crippen molar-refractivity contribution >= 4 is 0 Å². The van der Waals surface area contributed by atoms with Crippen LogP contribution in [0.5, 0.6) is 0 Å². The lowest BCUT2D eigenvalue weighted by Gasteiger charge is -2.25. The molecule has 0 amide bonds. The molecule has 8 heteroatoms. The maximum absolute atomic E-state index is 14.3. The van der Waals surface area contributed by atoms with Crippen molar-refractivity contribution in [2.75, 3.05) is 0 Å². The summed E-state index contributed by atoms with van der Waals surface area (Å²) in [4.78, 5) is 3.85. The van der Waals surface area contributed by atoms with E-state index >= 15 is 0 Å². The molecule has 25 heavy (non-hydrogen) atoms. The van der Waals surface area contributed by atoms with Crippen molar-refractivity contribution in [3.8, 4) is 5.69 Å². The van der Waals surface area contributed by atoms with Crippen molar-refractivity contribution < 1.29 is 4.39 Å². The molecule has 3 aromatic rings. The van der Waals surface area contributed by atoms with Gasteiger partial charge < -0.3 is 9.88 Å². The van der Waals surface area contributed by atoms with Gasteiger partial charge in [-0.05, 0) is 24.1 Å². The third kappa shape index (κ3) is 3.17. The number of hydrogen-bond acceptors (Lipinski definition) is 5. The highest BCUT2D eigenvalue weighted by molar-refractivity contribution is 5.35. The maximum Gasteiger partial charge on any atom is 0.149 e. The molecule has 1 atom stereocenters. The smallest absolute Gasteiger partial charge is 0.149 e. The van der Waals surface area contributed by atoms with Gasteiger partial charge in [0.2, 0.25) is 0 Å². The quantitative estimate of drug-likeness (QED) is 0.764. The van der Waals surface area contributed by atoms with Crippen molar-refractivity contribution in [1.82, 2.24) is 34.8 Å². The van der Waals surface area contributed by atoms with Gasteiger partial charge in [-0.25, -0.2) is 14.1 Å². The summed E-state index contributed by atoms with van der Waals surface area (Å²) in [5.74, 6) is 1.80. The van der Waals surface area contributed by atoms with Gasteiger partial charge in [-0.2, -0.15) is 5.10 Å². The number of benzene rings is 1. The molecule has 1 N–H and O–H groups in total. The lowest BCUT2D eigenvalue weighted by Crippen LogP contribution is -2.37. The van der Waals surface area contributed by atoms with Crippen molar-refractivity contribution in [1.29, 1.82) is 0 Å². The Morgan fingerprint density at radius 2 is 2.24 bits per heavy atom. The van der Waals surface area contributed by atoms with Crippen LogP contribution in [-0.4, -0.2) is 35.6 Å². The largest absolute Gasteiger partial charge is 0.313 e. The molecule has 0 radical (unpaired) electrons. The van der Waals surface area contributed by atoms with E-state index in [4.69, 9.17) is 0 Å². The minimum Gasteiger partial charge on any atom is -0.313 e. The van der Waals surface area contributed by atoms with E-state index in [1.54, 1.807) is 12.1 Å². The summed E-state index contributed by atoms with van der Waals surface area (Å²) in [7, 11) is 0. The Kier molecular flexibility index (Phi) is 4.27. The zero-order chi connectivity index (χ0) is 17.2. The van der Waals surface area contributed by atoms with Crippen LogP contribution in [-0.2, 0) is 25.9 Å². The Hall–Kier alpha value is -2.61. The summed E-state index contributed by atoms with van der Waals surface area (Å²) in [5.41, 5.74) is 1.31. The van der Waals surface area contributed by atoms with Crippen LogP contribution in [0.4, 0.5) is 4.39 Å². The maximum atomic E-state index is 14.3. The lowest BCUT2D eigenvalue weighted by atomic mass is 10.1. The molecule has 130 valence electrons. The molecule has 0 spiro atoms. The Morgan fingerprint density at radius 3 is 3.00 bits per heavy atom. The first kappa shape index (κ1) is 15.9. The molecule has 0 saturated heterocycles. The second-order valence-corrected chi connectivity index (χ2v) is 6.24. The van der Waals surface area contributed by atoms with Gasteiger partial charge in [0.25, 0.3) is 0 Å². The number of halogens is 1. The predicted molar refractivity (Wildman–Crippen MR) is 89.7 cm³/mol. The number of fused-ring (bicyclic) bond motifs is 1. The topological polar surface area (TPSA) is 73.5 Å². The van der Waals surface area contributed by atoms with Crippen molar-refractivity contribution in [3.63, 3.8) is 0 Å². The molecular weight excluding hydrogens is 321 g/mol. The fourth-order valence-electron chi connectivity index (χ4n) is 3.25. The average Bonchev–Trinajstić information content (AvgIpc) is 3.29. The predicted octanol–water partition coefficient (Wildman–Crippen LogP) is 1.66. The number of rotatable bonds is 5. The molecule has 1 unspecified atom stereocenters. The van der Waals surface area contributed by atoms with Gasteiger partial charge in [0.15, 0.2) is 0 Å². The highest BCUT2D eigenvalue weighted by Crippen LogP contribution is 2.17. The monoisotopic (exact) mass is 341 g/mol. The van der Waals surface area contributed by atoms with Gasteiger partial charge in [0, 0.05) is 32.0 Å². The van der Waals surface area contributed by atoms with E-state index in [1.807, 2.05) is 6.07 Å². The van der Waals surface area contributed by atoms with Gasteiger partial charge >= 0.3 is 0 Å². The number of nitrogens with zero attached hydrogens (tertiary/aromatic N) is 6. The van der Waals surface area contributed by atoms with E-state index in [9.17, 15) is 4.39 Å². The molecule has 2 aromatic heterocycles. The average molecular weight is 341 g/mol. The molecule has 0 saturated carbocycles. The fourth-order valence-corrected chi connectivity index (χ4v) is 3.25. The summed E-state index contributed by atoms with van der Waals surface area (Å²) in [6, 6.07) is 5.54. The van der Waals surface area contributed by atoms with Gasteiger partial charge in [0.1, 0.15) is 35.8 Å². The normalized spacial score (nSPS) is 16.8. The number of aryl methyl sites for hydroxylation is 2. The van der Waals surface area contributed by atoms with Crippen molar-refractivity contribution in [2.24, 2.45) is 0 Å². The van der Waals surface area contributed by atoms with E-state index in [0.717, 1.165) is 43.0 Å². The summed E-state index contributed by atoms with van der Waals surface area (Å²) in [5, 5.41) is 16.0. The first-order chi connectivity index (χ1) is 12.2. The summed E-state index contributed by atoms with van der Waals surface area (Å²) in [6.45, 7) is 3.58. The number of hydrogen-bond donors (Lipinski definition) is 1. The first-order valence-corrected chi connectivity index (χ1v) is 8.52. The van der Waals surface area contributed by atoms with Crippen molar-refractivity contribution in [3.05, 3.63) is 53.9 Å². The minimum absolute atomic E-state index is 0.303. The second kappa shape index (κ2) is 6.72. The van der Waals surface area contributed by atoms with Crippen LogP contribution >= 0.6 is 0 Å². The number of nitrogens with one attached hydrogen (secondary N) is 1. The first-order valence-electron chi connectivity index (χ1n) is 8.52. The molecule has 7 nitrogen and oxygen atoms in total. The minimum atomic E-state index is -0.303. The molecule has 1 aromatic carbocycles. The zero-order valence-electron chi connectivity index (χ0n) is 14.1. The Morgan fingerprint density at radius 1 is 1.32 bits per heavy atom. The van der Waals surface area contributed by atoms with Crippen LogP contribution < -0.4 is 5.32 Å². The number of aromatic nitrogens is 6.